The summed E-state index contributed by atoms with van der Waals surface area (Å²) in [5, 5.41) is 4.88. The molecule has 0 aromatic heterocycles. The van der Waals surface area contributed by atoms with Crippen LogP contribution in [0.3, 0.4) is 0 Å². The Morgan fingerprint density at radius 3 is 0.766 bits per heavy atom. The maximum Gasteiger partial charge on any atom is 0.200 e. The Hall–Kier alpha value is -6.13. The van der Waals surface area contributed by atoms with Gasteiger partial charge in [0, 0.05) is 5.56 Å². The van der Waals surface area contributed by atoms with E-state index in [0.29, 0.717) is 5.75 Å². The van der Waals surface area contributed by atoms with Crippen LogP contribution in [-0.2, 0) is 19.9 Å². The number of rotatable bonds is 6. The van der Waals surface area contributed by atoms with E-state index in [1.54, 1.807) is 0 Å². The van der Waals surface area contributed by atoms with Crippen molar-refractivity contribution in [1.29, 1.82) is 0 Å². The Balaban J connectivity index is 0.000000295. The maximum absolute atomic E-state index is 15.4. The first-order valence-electron chi connectivity index (χ1n) is 17.3. The molecular formula is C41H17BF20OS. The third kappa shape index (κ3) is 7.20. The molecule has 0 unspecified atom stereocenters. The average Bonchev–Trinajstić information content (AvgIpc) is 3.26. The summed E-state index contributed by atoms with van der Waals surface area (Å²) < 4.78 is 306. The highest BCUT2D eigenvalue weighted by atomic mass is 32.2. The minimum atomic E-state index is -7.22. The zero-order valence-corrected chi connectivity index (χ0v) is 32.2. The van der Waals surface area contributed by atoms with E-state index in [9.17, 15) is 56.9 Å². The monoisotopic (exact) mass is 948 g/mol. The van der Waals surface area contributed by atoms with Crippen LogP contribution >= 0.6 is 0 Å². The van der Waals surface area contributed by atoms with Crippen LogP contribution in [0.5, 0.6) is 0 Å². The Labute approximate surface area is 345 Å². The van der Waals surface area contributed by atoms with Gasteiger partial charge < -0.3 is 0 Å². The molecule has 7 rings (SSSR count). The molecule has 1 nitrogen and oxygen atoms in total. The quantitative estimate of drug-likeness (QED) is 0.0406. The Bertz CT molecular complexity index is 2710. The van der Waals surface area contributed by atoms with Gasteiger partial charge in [0.05, 0.1) is 9.93 Å². The fraction of sp³-hybridized carbons (Fsp3) is 0.0732. The second-order valence-electron chi connectivity index (χ2n) is 14.2. The van der Waals surface area contributed by atoms with Crippen molar-refractivity contribution in [2.24, 2.45) is 0 Å². The van der Waals surface area contributed by atoms with E-state index < -0.39 is 154 Å². The molecular weight excluding hydrogens is 931 g/mol. The van der Waals surface area contributed by atoms with Crippen molar-refractivity contribution in [2.45, 2.75) is 5.75 Å². The SMILES string of the molecule is C[S+](C)(=O)Cc1c2ccccc2cc2ccccc12.Fc1c(F)c(F)c([B-](c2c(F)c(F)c(F)c(F)c2F)(c2c(F)c(F)c(F)c(F)c2F)c2c(F)c(F)c(F)c(F)c2F)c(F)c1F. The molecule has 0 aliphatic carbocycles. The zero-order valence-electron chi connectivity index (χ0n) is 31.4. The van der Waals surface area contributed by atoms with E-state index in [4.69, 9.17) is 0 Å². The van der Waals surface area contributed by atoms with Crippen molar-refractivity contribution in [3.05, 3.63) is 177 Å². The standard InChI is InChI=1S/C24BF20.C17H17OS/c26-5-1(6(27)14(35)21(42)13(5)34)25(2-7(28)15(36)22(43)16(37)8(2)29,3-9(30)17(38)23(44)18(39)10(3)31)4-11(32)19(40)24(45)20(41)12(4)33;1-19(2,18)12-17-15-9-5-3-7-13(15)11-14-8-4-6-10-16(14)17/h;3-11H,12H2,1-2H3/q-1;+1. The van der Waals surface area contributed by atoms with E-state index in [2.05, 4.69) is 42.5 Å². The van der Waals surface area contributed by atoms with E-state index >= 15 is 35.1 Å². The minimum absolute atomic E-state index is 0.634. The number of hydrogen-bond acceptors (Lipinski definition) is 1. The molecule has 7 aromatic rings. The van der Waals surface area contributed by atoms with Gasteiger partial charge in [0.15, 0.2) is 69.8 Å². The normalized spacial score (nSPS) is 12.0. The summed E-state index contributed by atoms with van der Waals surface area (Å²) in [4.78, 5) is 0. The van der Waals surface area contributed by atoms with Crippen molar-refractivity contribution in [3.8, 4) is 0 Å². The molecule has 0 aliphatic rings. The summed E-state index contributed by atoms with van der Waals surface area (Å²) in [6.07, 6.45) is -3.54. The van der Waals surface area contributed by atoms with Crippen molar-refractivity contribution in [2.75, 3.05) is 12.5 Å². The van der Waals surface area contributed by atoms with Crippen molar-refractivity contribution < 1.29 is 92.0 Å². The molecule has 0 atom stereocenters. The maximum atomic E-state index is 15.4. The highest BCUT2D eigenvalue weighted by molar-refractivity contribution is 8.00. The number of hydrogen-bond donors (Lipinski definition) is 0. The second-order valence-corrected chi connectivity index (χ2v) is 17.3. The van der Waals surface area contributed by atoms with Crippen molar-refractivity contribution in [3.63, 3.8) is 0 Å². The topological polar surface area (TPSA) is 17.1 Å². The van der Waals surface area contributed by atoms with Gasteiger partial charge in [-0.15, -0.1) is 26.1 Å². The van der Waals surface area contributed by atoms with Crippen LogP contribution in [0.4, 0.5) is 87.8 Å². The number of halogens is 20. The summed E-state index contributed by atoms with van der Waals surface area (Å²) in [5.41, 5.74) is -13.1. The molecule has 0 heterocycles. The third-order valence-electron chi connectivity index (χ3n) is 10.1. The Morgan fingerprint density at radius 2 is 0.547 bits per heavy atom. The molecule has 0 saturated carbocycles. The van der Waals surface area contributed by atoms with Gasteiger partial charge in [-0.25, -0.2) is 87.8 Å². The molecule has 0 fully saturated rings. The van der Waals surface area contributed by atoms with Crippen molar-refractivity contribution in [1.82, 2.24) is 0 Å². The molecule has 0 spiro atoms. The zero-order chi connectivity index (χ0) is 47.8. The van der Waals surface area contributed by atoms with Gasteiger partial charge in [0.2, 0.25) is 0 Å². The van der Waals surface area contributed by atoms with Gasteiger partial charge in [0.25, 0.3) is 0 Å². The Morgan fingerprint density at radius 1 is 0.344 bits per heavy atom. The molecule has 0 saturated heterocycles. The fourth-order valence-electron chi connectivity index (χ4n) is 7.49. The van der Waals surface area contributed by atoms with Gasteiger partial charge in [-0.1, -0.05) is 48.5 Å². The highest BCUT2D eigenvalue weighted by Gasteiger charge is 2.52. The highest BCUT2D eigenvalue weighted by Crippen LogP contribution is 2.33. The van der Waals surface area contributed by atoms with E-state index in [1.807, 2.05) is 24.6 Å². The van der Waals surface area contributed by atoms with Gasteiger partial charge >= 0.3 is 0 Å². The molecule has 336 valence electrons. The largest absolute Gasteiger partial charge is 0.207 e. The lowest BCUT2D eigenvalue weighted by Gasteiger charge is -2.44. The van der Waals surface area contributed by atoms with Crippen LogP contribution in [-0.4, -0.2) is 18.7 Å². The van der Waals surface area contributed by atoms with Gasteiger partial charge in [-0.2, -0.15) is 0 Å². The molecule has 64 heavy (non-hydrogen) atoms. The lowest BCUT2D eigenvalue weighted by atomic mass is 9.12. The van der Waals surface area contributed by atoms with E-state index in [1.165, 1.54) is 27.1 Å². The number of benzene rings is 7. The summed E-state index contributed by atoms with van der Waals surface area (Å²) in [5.74, 6) is -70.8. The van der Waals surface area contributed by atoms with Crippen LogP contribution in [0.2, 0.25) is 0 Å². The van der Waals surface area contributed by atoms with E-state index in [-0.39, 0.29) is 0 Å². The van der Waals surface area contributed by atoms with Crippen LogP contribution in [0.25, 0.3) is 21.5 Å². The fourth-order valence-corrected chi connectivity index (χ4v) is 8.49. The van der Waals surface area contributed by atoms with Gasteiger partial charge in [0.1, 0.15) is 70.9 Å². The lowest BCUT2D eigenvalue weighted by molar-refractivity contribution is 0.378. The summed E-state index contributed by atoms with van der Waals surface area (Å²) in [6.45, 7) is 0. The molecule has 0 radical (unpaired) electrons. The van der Waals surface area contributed by atoms with E-state index in [0.717, 1.165) is 0 Å². The molecule has 0 bridgehead atoms. The average molecular weight is 948 g/mol. The number of fused-ring (bicyclic) bond motifs is 2. The third-order valence-corrected chi connectivity index (χ3v) is 11.1. The van der Waals surface area contributed by atoms with Crippen LogP contribution in [0, 0.1) is 116 Å². The molecule has 23 heteroatoms. The first-order chi connectivity index (χ1) is 29.7. The van der Waals surface area contributed by atoms with Gasteiger partial charge in [-0.3, -0.25) is 0 Å². The predicted octanol–water partition coefficient (Wildman–Crippen LogP) is 10.1. The first-order valence-corrected chi connectivity index (χ1v) is 19.8. The first kappa shape index (κ1) is 47.4. The molecule has 0 N–H and O–H groups in total. The van der Waals surface area contributed by atoms with Crippen molar-refractivity contribution >= 4 is 59.5 Å². The molecule has 0 amide bonds. The molecule has 0 aliphatic heterocycles. The van der Waals surface area contributed by atoms with Crippen LogP contribution in [0.1, 0.15) is 5.56 Å². The van der Waals surface area contributed by atoms with Crippen LogP contribution < -0.4 is 21.9 Å². The minimum Gasteiger partial charge on any atom is -0.207 e. The predicted molar refractivity (Wildman–Crippen MR) is 194 cm³/mol. The summed E-state index contributed by atoms with van der Waals surface area (Å²) in [7, 11) is -1.81. The smallest absolute Gasteiger partial charge is 0.200 e. The summed E-state index contributed by atoms with van der Waals surface area (Å²) in [6, 6.07) is 18.9. The lowest BCUT2D eigenvalue weighted by Crippen LogP contribution is -2.81. The Kier molecular flexibility index (Phi) is 12.4. The summed E-state index contributed by atoms with van der Waals surface area (Å²) >= 11 is 0. The second kappa shape index (κ2) is 16.8. The van der Waals surface area contributed by atoms with Crippen LogP contribution in [0.15, 0.2) is 54.6 Å². The molecule has 7 aromatic carbocycles. The van der Waals surface area contributed by atoms with Gasteiger partial charge in [-0.05, 0) is 27.6 Å².